The first-order chi connectivity index (χ1) is 8.06. The van der Waals surface area contributed by atoms with Gasteiger partial charge in [-0.1, -0.05) is 0 Å². The molecular weight excluding hydrogens is 308 g/mol. The highest BCUT2D eigenvalue weighted by atomic mass is 79.9. The second-order valence-corrected chi connectivity index (χ2v) is 4.87. The topological polar surface area (TPSA) is 25.2 Å². The molecule has 5 heteroatoms. The van der Waals surface area contributed by atoms with E-state index in [1.807, 2.05) is 6.92 Å². The van der Waals surface area contributed by atoms with Gasteiger partial charge in [-0.05, 0) is 64.3 Å². The molecule has 0 aliphatic carbocycles. The zero-order valence-electron chi connectivity index (χ0n) is 9.06. The smallest absolute Gasteiger partial charge is 0.193 e. The lowest BCUT2D eigenvalue weighted by atomic mass is 10.2. The van der Waals surface area contributed by atoms with Gasteiger partial charge >= 0.3 is 0 Å². The lowest BCUT2D eigenvalue weighted by Crippen LogP contribution is -2.00. The monoisotopic (exact) mass is 317 g/mol. The largest absolute Gasteiger partial charge is 0.448 e. The Labute approximate surface area is 112 Å². The van der Waals surface area contributed by atoms with Crippen molar-refractivity contribution < 1.29 is 8.81 Å². The van der Waals surface area contributed by atoms with Crippen LogP contribution < -0.4 is 5.32 Å². The fourth-order valence-electron chi connectivity index (χ4n) is 1.47. The van der Waals surface area contributed by atoms with E-state index >= 15 is 0 Å². The minimum Gasteiger partial charge on any atom is -0.448 e. The van der Waals surface area contributed by atoms with Crippen molar-refractivity contribution in [1.29, 1.82) is 0 Å². The summed E-state index contributed by atoms with van der Waals surface area (Å²) in [6.45, 7) is 2.35. The predicted octanol–water partition coefficient (Wildman–Crippen LogP) is 4.76. The first-order valence-electron chi connectivity index (χ1n) is 5.00. The second-order valence-electron chi connectivity index (χ2n) is 3.64. The lowest BCUT2D eigenvalue weighted by molar-refractivity contribution is 0.520. The Balaban J connectivity index is 2.11. The number of anilines is 1. The number of hydrogen-bond acceptors (Lipinski definition) is 2. The van der Waals surface area contributed by atoms with Gasteiger partial charge in [0, 0.05) is 5.69 Å². The van der Waals surface area contributed by atoms with Crippen LogP contribution in [0.25, 0.3) is 0 Å². The molecule has 0 saturated heterocycles. The van der Waals surface area contributed by atoms with Crippen LogP contribution in [0.2, 0.25) is 5.22 Å². The van der Waals surface area contributed by atoms with Crippen LogP contribution in [-0.4, -0.2) is 0 Å². The number of furan rings is 1. The Hall–Kier alpha value is -1.00. The van der Waals surface area contributed by atoms with E-state index in [4.69, 9.17) is 16.0 Å². The summed E-state index contributed by atoms with van der Waals surface area (Å²) >= 11 is 8.82. The number of rotatable bonds is 3. The molecule has 0 atom stereocenters. The van der Waals surface area contributed by atoms with Crippen LogP contribution in [0.3, 0.4) is 0 Å². The molecule has 1 N–H and O–H groups in total. The Morgan fingerprint density at radius 2 is 2.18 bits per heavy atom. The minimum absolute atomic E-state index is 0.269. The maximum Gasteiger partial charge on any atom is 0.193 e. The molecule has 0 spiro atoms. The number of benzene rings is 1. The van der Waals surface area contributed by atoms with Crippen LogP contribution in [0.1, 0.15) is 11.3 Å². The third kappa shape index (κ3) is 3.01. The maximum atomic E-state index is 13.2. The highest BCUT2D eigenvalue weighted by Gasteiger charge is 2.06. The van der Waals surface area contributed by atoms with E-state index in [2.05, 4.69) is 21.2 Å². The van der Waals surface area contributed by atoms with E-state index < -0.39 is 0 Å². The number of nitrogens with one attached hydrogen (secondary N) is 1. The summed E-state index contributed by atoms with van der Waals surface area (Å²) in [5, 5.41) is 3.52. The molecule has 0 bridgehead atoms. The van der Waals surface area contributed by atoms with Crippen molar-refractivity contribution in [3.05, 3.63) is 51.1 Å². The minimum atomic E-state index is -0.269. The first kappa shape index (κ1) is 12.5. The van der Waals surface area contributed by atoms with Crippen molar-refractivity contribution in [3.63, 3.8) is 0 Å². The van der Waals surface area contributed by atoms with Gasteiger partial charge in [0.25, 0.3) is 0 Å². The maximum absolute atomic E-state index is 13.2. The van der Waals surface area contributed by atoms with Crippen LogP contribution in [0.4, 0.5) is 10.1 Å². The third-order valence-electron chi connectivity index (χ3n) is 2.35. The standard InChI is InChI=1S/C12H10BrClFNO/c1-7-4-10(15)9(13)5-11(7)16-6-8-2-3-12(14)17-8/h2-5,16H,6H2,1H3. The normalized spacial score (nSPS) is 10.6. The van der Waals surface area contributed by atoms with E-state index in [0.717, 1.165) is 17.0 Å². The molecule has 0 aliphatic rings. The molecule has 17 heavy (non-hydrogen) atoms. The van der Waals surface area contributed by atoms with Gasteiger partial charge in [0.1, 0.15) is 11.6 Å². The van der Waals surface area contributed by atoms with Gasteiger partial charge < -0.3 is 9.73 Å². The number of aryl methyl sites for hydroxylation is 1. The van der Waals surface area contributed by atoms with Crippen molar-refractivity contribution in [1.82, 2.24) is 0 Å². The summed E-state index contributed by atoms with van der Waals surface area (Å²) in [4.78, 5) is 0. The zero-order chi connectivity index (χ0) is 12.4. The van der Waals surface area contributed by atoms with Crippen LogP contribution in [0.5, 0.6) is 0 Å². The molecule has 2 nitrogen and oxygen atoms in total. The Bertz CT molecular complexity index is 541. The van der Waals surface area contributed by atoms with Crippen molar-refractivity contribution in [2.24, 2.45) is 0 Å². The van der Waals surface area contributed by atoms with E-state index in [1.54, 1.807) is 18.2 Å². The summed E-state index contributed by atoms with van der Waals surface area (Å²) in [6.07, 6.45) is 0. The number of hydrogen-bond donors (Lipinski definition) is 1. The molecule has 0 saturated carbocycles. The van der Waals surface area contributed by atoms with Crippen molar-refractivity contribution in [3.8, 4) is 0 Å². The van der Waals surface area contributed by atoms with Crippen LogP contribution >= 0.6 is 27.5 Å². The Kier molecular flexibility index (Phi) is 3.74. The first-order valence-corrected chi connectivity index (χ1v) is 6.17. The second kappa shape index (κ2) is 5.10. The highest BCUT2D eigenvalue weighted by molar-refractivity contribution is 9.10. The van der Waals surface area contributed by atoms with Crippen molar-refractivity contribution >= 4 is 33.2 Å². The van der Waals surface area contributed by atoms with Gasteiger partial charge in [-0.15, -0.1) is 0 Å². The number of halogens is 3. The van der Waals surface area contributed by atoms with E-state index in [9.17, 15) is 4.39 Å². The summed E-state index contributed by atoms with van der Waals surface area (Å²) in [5.74, 6) is 0.462. The fraction of sp³-hybridized carbons (Fsp3) is 0.167. The summed E-state index contributed by atoms with van der Waals surface area (Å²) in [5.41, 5.74) is 1.69. The molecule has 2 aromatic rings. The molecule has 0 aliphatic heterocycles. The van der Waals surface area contributed by atoms with Crippen molar-refractivity contribution in [2.75, 3.05) is 5.32 Å². The molecule has 0 unspecified atom stereocenters. The van der Waals surface area contributed by atoms with Crippen LogP contribution in [0, 0.1) is 12.7 Å². The average Bonchev–Trinajstić information content (AvgIpc) is 2.68. The lowest BCUT2D eigenvalue weighted by Gasteiger charge is -2.09. The van der Waals surface area contributed by atoms with Crippen LogP contribution in [0.15, 0.2) is 33.2 Å². The molecule has 0 radical (unpaired) electrons. The Morgan fingerprint density at radius 1 is 1.41 bits per heavy atom. The molecule has 90 valence electrons. The summed E-state index contributed by atoms with van der Waals surface area (Å²) < 4.78 is 18.9. The zero-order valence-corrected chi connectivity index (χ0v) is 11.4. The molecule has 1 heterocycles. The van der Waals surface area contributed by atoms with Gasteiger partial charge in [-0.25, -0.2) is 4.39 Å². The molecular formula is C12H10BrClFNO. The van der Waals surface area contributed by atoms with Gasteiger partial charge in [-0.3, -0.25) is 0 Å². The third-order valence-corrected chi connectivity index (χ3v) is 3.16. The quantitative estimate of drug-likeness (QED) is 0.883. The molecule has 1 aromatic heterocycles. The average molecular weight is 319 g/mol. The van der Waals surface area contributed by atoms with Gasteiger partial charge in [0.15, 0.2) is 5.22 Å². The highest BCUT2D eigenvalue weighted by Crippen LogP contribution is 2.25. The summed E-state index contributed by atoms with van der Waals surface area (Å²) in [7, 11) is 0. The van der Waals surface area contributed by atoms with E-state index in [0.29, 0.717) is 16.2 Å². The van der Waals surface area contributed by atoms with Gasteiger partial charge in [0.2, 0.25) is 0 Å². The Morgan fingerprint density at radius 3 is 2.82 bits per heavy atom. The van der Waals surface area contributed by atoms with Crippen molar-refractivity contribution in [2.45, 2.75) is 13.5 Å². The predicted molar refractivity (Wildman–Crippen MR) is 69.9 cm³/mol. The summed E-state index contributed by atoms with van der Waals surface area (Å²) in [6, 6.07) is 6.66. The molecule has 1 aromatic carbocycles. The van der Waals surface area contributed by atoms with Crippen LogP contribution in [-0.2, 0) is 6.54 Å². The van der Waals surface area contributed by atoms with Gasteiger partial charge in [-0.2, -0.15) is 0 Å². The van der Waals surface area contributed by atoms with Gasteiger partial charge in [0.05, 0.1) is 11.0 Å². The molecule has 0 amide bonds. The van der Waals surface area contributed by atoms with E-state index in [-0.39, 0.29) is 5.82 Å². The van der Waals surface area contributed by atoms with E-state index in [1.165, 1.54) is 6.07 Å². The molecule has 2 rings (SSSR count). The SMILES string of the molecule is Cc1cc(F)c(Br)cc1NCc1ccc(Cl)o1. The fourth-order valence-corrected chi connectivity index (χ4v) is 1.97. The molecule has 0 fully saturated rings.